The van der Waals surface area contributed by atoms with E-state index in [0.717, 1.165) is 11.1 Å². The normalized spacial score (nSPS) is 19.1. The number of rotatable bonds is 9. The third kappa shape index (κ3) is 5.52. The summed E-state index contributed by atoms with van der Waals surface area (Å²) >= 11 is 0. The Morgan fingerprint density at radius 2 is 1.16 bits per heavy atom. The van der Waals surface area contributed by atoms with Gasteiger partial charge < -0.3 is 24.4 Å². The van der Waals surface area contributed by atoms with Crippen molar-refractivity contribution >= 4 is 17.8 Å². The van der Waals surface area contributed by atoms with Crippen LogP contribution < -0.4 is 9.47 Å². The summed E-state index contributed by atoms with van der Waals surface area (Å²) in [5.41, 5.74) is 2.90. The van der Waals surface area contributed by atoms with E-state index in [0.29, 0.717) is 35.5 Å². The Kier molecular flexibility index (Phi) is 8.56. The number of carboxylic acids is 1. The number of carboxylic acid groups (broad SMARTS) is 1. The Bertz CT molecular complexity index is 1590. The van der Waals surface area contributed by atoms with Crippen molar-refractivity contribution < 1.29 is 29.0 Å². The van der Waals surface area contributed by atoms with E-state index in [2.05, 4.69) is 0 Å². The number of aliphatic carboxylic acids is 1. The first-order valence-corrected chi connectivity index (χ1v) is 15.2. The van der Waals surface area contributed by atoms with Crippen LogP contribution in [-0.4, -0.2) is 71.6 Å². The van der Waals surface area contributed by atoms with Gasteiger partial charge in [-0.3, -0.25) is 9.59 Å². The quantitative estimate of drug-likeness (QED) is 0.278. The molecular formula is C37H36N2O6. The highest BCUT2D eigenvalue weighted by Crippen LogP contribution is 2.43. The standard InChI is InChI=1S/C37H36N2O6/c1-44-30-19-11-9-17-27(30)33(28-18-10-12-20-31(28)45-2)35(40)38-23-26-21-22-29(34(38)37(42)43)39(26)36(41)32(24-13-5-3-6-14-24)25-15-7-4-8-16-25/h3-20,26,29,32-34H,21-23H2,1-2H3,(H,42,43)/t26-,29+,34-/m0/s1. The van der Waals surface area contributed by atoms with Crippen molar-refractivity contribution in [2.75, 3.05) is 20.8 Å². The summed E-state index contributed by atoms with van der Waals surface area (Å²) in [5.74, 6) is -2.11. The minimum Gasteiger partial charge on any atom is -0.496 e. The lowest BCUT2D eigenvalue weighted by molar-refractivity contribution is -0.161. The van der Waals surface area contributed by atoms with Crippen LogP contribution in [0.1, 0.15) is 46.9 Å². The number of para-hydroxylation sites is 2. The fourth-order valence-electron chi connectivity index (χ4n) is 7.14. The molecule has 3 atom stereocenters. The van der Waals surface area contributed by atoms with Gasteiger partial charge in [-0.2, -0.15) is 0 Å². The van der Waals surface area contributed by atoms with E-state index < -0.39 is 29.9 Å². The molecule has 230 valence electrons. The molecule has 2 amide bonds. The maximum absolute atomic E-state index is 14.8. The number of piperazine rings is 1. The van der Waals surface area contributed by atoms with Crippen LogP contribution in [0.5, 0.6) is 11.5 Å². The van der Waals surface area contributed by atoms with Gasteiger partial charge in [0.1, 0.15) is 17.5 Å². The SMILES string of the molecule is COc1ccccc1C(C(=O)N1C[C@@H]2CC[C@H]([C@H]1C(=O)O)N2C(=O)C(c1ccccc1)c1ccccc1)c1ccccc1OC. The van der Waals surface area contributed by atoms with E-state index in [-0.39, 0.29) is 24.4 Å². The van der Waals surface area contributed by atoms with E-state index in [9.17, 15) is 19.5 Å². The molecular weight excluding hydrogens is 568 g/mol. The number of methoxy groups -OCH3 is 2. The van der Waals surface area contributed by atoms with Gasteiger partial charge >= 0.3 is 5.97 Å². The Balaban J connectivity index is 1.40. The van der Waals surface area contributed by atoms with E-state index in [1.54, 1.807) is 31.3 Å². The molecule has 45 heavy (non-hydrogen) atoms. The van der Waals surface area contributed by atoms with E-state index in [4.69, 9.17) is 9.47 Å². The molecule has 2 saturated heterocycles. The predicted molar refractivity (Wildman–Crippen MR) is 169 cm³/mol. The number of likely N-dealkylation sites (tertiary alicyclic amines) is 1. The third-order valence-electron chi connectivity index (χ3n) is 9.10. The fourth-order valence-corrected chi connectivity index (χ4v) is 7.14. The molecule has 8 nitrogen and oxygen atoms in total. The maximum atomic E-state index is 14.8. The minimum atomic E-state index is -1.22. The topological polar surface area (TPSA) is 96.4 Å². The molecule has 2 aliphatic heterocycles. The molecule has 2 fully saturated rings. The fraction of sp³-hybridized carbons (Fsp3) is 0.270. The first kappa shape index (κ1) is 29.9. The van der Waals surface area contributed by atoms with E-state index in [1.807, 2.05) is 97.1 Å². The molecule has 0 aromatic heterocycles. The molecule has 2 aliphatic rings. The van der Waals surface area contributed by atoms with Crippen LogP contribution in [0.25, 0.3) is 0 Å². The molecule has 2 bridgehead atoms. The van der Waals surface area contributed by atoms with Crippen LogP contribution in [0.4, 0.5) is 0 Å². The molecule has 8 heteroatoms. The lowest BCUT2D eigenvalue weighted by Gasteiger charge is -2.47. The van der Waals surface area contributed by atoms with Crippen LogP contribution in [0.2, 0.25) is 0 Å². The summed E-state index contributed by atoms with van der Waals surface area (Å²) < 4.78 is 11.3. The van der Waals surface area contributed by atoms with Crippen LogP contribution >= 0.6 is 0 Å². The molecule has 0 unspecified atom stereocenters. The van der Waals surface area contributed by atoms with Crippen molar-refractivity contribution in [1.82, 2.24) is 9.80 Å². The first-order valence-electron chi connectivity index (χ1n) is 15.2. The average molecular weight is 605 g/mol. The number of amides is 2. The highest BCUT2D eigenvalue weighted by Gasteiger charge is 2.54. The Labute approximate surface area is 262 Å². The molecule has 0 radical (unpaired) electrons. The summed E-state index contributed by atoms with van der Waals surface area (Å²) in [6, 6.07) is 31.4. The zero-order valence-corrected chi connectivity index (χ0v) is 25.3. The second-order valence-electron chi connectivity index (χ2n) is 11.5. The molecule has 0 saturated carbocycles. The molecule has 2 heterocycles. The van der Waals surface area contributed by atoms with Crippen LogP contribution in [-0.2, 0) is 14.4 Å². The summed E-state index contributed by atoms with van der Waals surface area (Å²) in [7, 11) is 3.09. The minimum absolute atomic E-state index is 0.106. The number of carbonyl (C=O) groups is 3. The number of ether oxygens (including phenoxy) is 2. The van der Waals surface area contributed by atoms with Crippen LogP contribution in [0, 0.1) is 0 Å². The molecule has 0 spiro atoms. The highest BCUT2D eigenvalue weighted by atomic mass is 16.5. The van der Waals surface area contributed by atoms with Crippen molar-refractivity contribution in [2.45, 2.75) is 42.8 Å². The summed E-state index contributed by atoms with van der Waals surface area (Å²) in [5, 5.41) is 10.7. The number of fused-ring (bicyclic) bond motifs is 2. The number of hydrogen-bond acceptors (Lipinski definition) is 5. The average Bonchev–Trinajstić information content (AvgIpc) is 3.38. The van der Waals surface area contributed by atoms with Crippen molar-refractivity contribution in [1.29, 1.82) is 0 Å². The summed E-state index contributed by atoms with van der Waals surface area (Å²) in [6.07, 6.45) is 1.09. The third-order valence-corrected chi connectivity index (χ3v) is 9.10. The van der Waals surface area contributed by atoms with Gasteiger partial charge in [-0.15, -0.1) is 0 Å². The lowest BCUT2D eigenvalue weighted by atomic mass is 9.86. The van der Waals surface area contributed by atoms with Crippen LogP contribution in [0.3, 0.4) is 0 Å². The predicted octanol–water partition coefficient (Wildman–Crippen LogP) is 5.32. The van der Waals surface area contributed by atoms with Gasteiger partial charge in [-0.25, -0.2) is 4.79 Å². The van der Waals surface area contributed by atoms with E-state index in [1.165, 1.54) is 4.90 Å². The zero-order valence-electron chi connectivity index (χ0n) is 25.3. The number of nitrogens with zero attached hydrogens (tertiary/aromatic N) is 2. The van der Waals surface area contributed by atoms with Crippen molar-refractivity contribution in [3.8, 4) is 11.5 Å². The number of carbonyl (C=O) groups excluding carboxylic acids is 2. The molecule has 4 aromatic carbocycles. The second-order valence-corrected chi connectivity index (χ2v) is 11.5. The maximum Gasteiger partial charge on any atom is 0.328 e. The Morgan fingerprint density at radius 1 is 0.667 bits per heavy atom. The summed E-state index contributed by atoms with van der Waals surface area (Å²) in [6.45, 7) is 0.106. The molecule has 6 rings (SSSR count). The zero-order chi connectivity index (χ0) is 31.5. The summed E-state index contributed by atoms with van der Waals surface area (Å²) in [4.78, 5) is 45.6. The first-order chi connectivity index (χ1) is 21.9. The van der Waals surface area contributed by atoms with Crippen molar-refractivity contribution in [3.63, 3.8) is 0 Å². The van der Waals surface area contributed by atoms with Crippen molar-refractivity contribution in [3.05, 3.63) is 131 Å². The monoisotopic (exact) mass is 604 g/mol. The highest BCUT2D eigenvalue weighted by molar-refractivity contribution is 5.94. The van der Waals surface area contributed by atoms with Gasteiger partial charge in [-0.1, -0.05) is 97.1 Å². The number of hydrogen-bond donors (Lipinski definition) is 1. The van der Waals surface area contributed by atoms with Crippen LogP contribution in [0.15, 0.2) is 109 Å². The van der Waals surface area contributed by atoms with Gasteiger partial charge in [0, 0.05) is 23.7 Å². The van der Waals surface area contributed by atoms with Gasteiger partial charge in [0.2, 0.25) is 11.8 Å². The van der Waals surface area contributed by atoms with Gasteiger partial charge in [0.05, 0.1) is 32.1 Å². The van der Waals surface area contributed by atoms with E-state index >= 15 is 0 Å². The van der Waals surface area contributed by atoms with Gasteiger partial charge in [-0.05, 0) is 36.1 Å². The van der Waals surface area contributed by atoms with Gasteiger partial charge in [0.25, 0.3) is 0 Å². The molecule has 1 N–H and O–H groups in total. The Hall–Kier alpha value is -5.11. The number of benzene rings is 4. The largest absolute Gasteiger partial charge is 0.496 e. The molecule has 4 aromatic rings. The lowest BCUT2D eigenvalue weighted by Crippen LogP contribution is -2.66. The second kappa shape index (κ2) is 12.9. The van der Waals surface area contributed by atoms with Gasteiger partial charge in [0.15, 0.2) is 0 Å². The Morgan fingerprint density at radius 3 is 1.64 bits per heavy atom. The smallest absolute Gasteiger partial charge is 0.328 e. The van der Waals surface area contributed by atoms with Crippen molar-refractivity contribution in [2.24, 2.45) is 0 Å². The molecule has 0 aliphatic carbocycles.